The molecule has 2 saturated carbocycles. The lowest BCUT2D eigenvalue weighted by Crippen LogP contribution is -2.12. The van der Waals surface area contributed by atoms with Crippen LogP contribution in [0.3, 0.4) is 0 Å². The van der Waals surface area contributed by atoms with E-state index in [2.05, 4.69) is 16.0 Å². The zero-order valence-electron chi connectivity index (χ0n) is 16.4. The Balaban J connectivity index is 1.65. The average Bonchev–Trinajstić information content (AvgIpc) is 3.11. The normalized spacial score (nSPS) is 20.6. The van der Waals surface area contributed by atoms with Gasteiger partial charge in [-0.25, -0.2) is 4.68 Å². The number of hydrogen-bond donors (Lipinski definition) is 0. The van der Waals surface area contributed by atoms with E-state index in [-0.39, 0.29) is 0 Å². The first kappa shape index (κ1) is 18.4. The van der Waals surface area contributed by atoms with Crippen LogP contribution in [0.1, 0.15) is 94.6 Å². The molecule has 0 N–H and O–H groups in total. The molecule has 0 amide bonds. The van der Waals surface area contributed by atoms with Crippen LogP contribution in [-0.2, 0) is 0 Å². The lowest BCUT2D eigenvalue weighted by molar-refractivity contribution is 0.349. The first-order valence-electron chi connectivity index (χ1n) is 11.0. The maximum absolute atomic E-state index is 4.86. The third-order valence-electron chi connectivity index (χ3n) is 6.28. The highest BCUT2D eigenvalue weighted by Crippen LogP contribution is 2.40. The second-order valence-electron chi connectivity index (χ2n) is 8.24. The lowest BCUT2D eigenvalue weighted by atomic mass is 9.85. The average molecular weight is 365 g/mol. The number of rotatable bonds is 4. The Hall–Kier alpha value is -1.97. The van der Waals surface area contributed by atoms with Crippen molar-refractivity contribution in [2.75, 3.05) is 0 Å². The van der Waals surface area contributed by atoms with Crippen molar-refractivity contribution in [2.24, 2.45) is 10.2 Å². The minimum Gasteiger partial charge on any atom is -0.243 e. The summed E-state index contributed by atoms with van der Waals surface area (Å²) in [7, 11) is 0. The number of nitrogens with zero attached hydrogens (tertiary/aromatic N) is 4. The van der Waals surface area contributed by atoms with Crippen LogP contribution in [0.4, 0.5) is 11.5 Å². The van der Waals surface area contributed by atoms with Gasteiger partial charge < -0.3 is 0 Å². The van der Waals surface area contributed by atoms with Crippen molar-refractivity contribution in [1.82, 2.24) is 9.78 Å². The summed E-state index contributed by atoms with van der Waals surface area (Å²) in [6.07, 6.45) is 17.8. The number of azo groups is 1. The molecule has 0 spiro atoms. The summed E-state index contributed by atoms with van der Waals surface area (Å²) in [5.41, 5.74) is 2.24. The van der Waals surface area contributed by atoms with E-state index in [1.807, 2.05) is 30.3 Å². The molecule has 2 aliphatic rings. The molecule has 0 bridgehead atoms. The van der Waals surface area contributed by atoms with Crippen LogP contribution in [-0.4, -0.2) is 9.78 Å². The largest absolute Gasteiger partial charge is 0.243 e. The fourth-order valence-corrected chi connectivity index (χ4v) is 4.72. The molecule has 2 aliphatic carbocycles. The van der Waals surface area contributed by atoms with Gasteiger partial charge >= 0.3 is 0 Å². The van der Waals surface area contributed by atoms with Gasteiger partial charge in [0.2, 0.25) is 0 Å². The van der Waals surface area contributed by atoms with Crippen LogP contribution in [0.5, 0.6) is 0 Å². The van der Waals surface area contributed by atoms with E-state index in [4.69, 9.17) is 10.2 Å². The molecule has 1 heterocycles. The summed E-state index contributed by atoms with van der Waals surface area (Å²) in [5.74, 6) is 1.63. The van der Waals surface area contributed by atoms with E-state index < -0.39 is 0 Å². The van der Waals surface area contributed by atoms with Crippen molar-refractivity contribution in [3.05, 3.63) is 42.1 Å². The smallest absolute Gasteiger partial charge is 0.176 e. The molecule has 4 nitrogen and oxygen atoms in total. The molecule has 4 rings (SSSR count). The second-order valence-corrected chi connectivity index (χ2v) is 8.24. The molecule has 27 heavy (non-hydrogen) atoms. The predicted octanol–water partition coefficient (Wildman–Crippen LogP) is 7.63. The van der Waals surface area contributed by atoms with Crippen LogP contribution < -0.4 is 0 Å². The molecule has 2 fully saturated rings. The highest BCUT2D eigenvalue weighted by molar-refractivity contribution is 5.43. The van der Waals surface area contributed by atoms with E-state index in [1.54, 1.807) is 0 Å². The van der Waals surface area contributed by atoms with Crippen molar-refractivity contribution >= 4 is 11.5 Å². The summed E-state index contributed by atoms with van der Waals surface area (Å²) >= 11 is 0. The zero-order chi connectivity index (χ0) is 18.3. The third kappa shape index (κ3) is 4.66. The van der Waals surface area contributed by atoms with Crippen LogP contribution in [0.15, 0.2) is 46.8 Å². The molecule has 4 heteroatoms. The summed E-state index contributed by atoms with van der Waals surface area (Å²) in [5, 5.41) is 14.2. The molecule has 0 atom stereocenters. The Morgan fingerprint density at radius 3 is 2.11 bits per heavy atom. The fraction of sp³-hybridized carbons (Fsp3) is 0.609. The summed E-state index contributed by atoms with van der Waals surface area (Å²) < 4.78 is 2.22. The van der Waals surface area contributed by atoms with Gasteiger partial charge in [0, 0.05) is 5.56 Å². The van der Waals surface area contributed by atoms with Crippen molar-refractivity contribution < 1.29 is 0 Å². The SMILES string of the molecule is c1ccc(/N=N/c2c(C3CCCCC3)cnn2C2CCCCCCC2)cc1. The van der Waals surface area contributed by atoms with Crippen LogP contribution in [0.25, 0.3) is 0 Å². The zero-order valence-corrected chi connectivity index (χ0v) is 16.4. The minimum atomic E-state index is 0.479. The standard InChI is InChI=1S/C23H32N4/c1-2-10-16-21(17-11-3-1)27-23(26-25-20-14-8-5-9-15-20)22(18-24-27)19-12-6-4-7-13-19/h5,8-9,14-15,18-19,21H,1-4,6-7,10-13,16-17H2/b26-25+. The van der Waals surface area contributed by atoms with Crippen LogP contribution in [0, 0.1) is 0 Å². The van der Waals surface area contributed by atoms with Crippen molar-refractivity contribution in [3.8, 4) is 0 Å². The summed E-state index contributed by atoms with van der Waals surface area (Å²) in [6, 6.07) is 10.6. The highest BCUT2D eigenvalue weighted by atomic mass is 15.4. The van der Waals surface area contributed by atoms with Gasteiger partial charge in [-0.1, -0.05) is 69.6 Å². The maximum Gasteiger partial charge on any atom is 0.176 e. The highest BCUT2D eigenvalue weighted by Gasteiger charge is 2.25. The molecule has 1 aromatic heterocycles. The predicted molar refractivity (Wildman–Crippen MR) is 110 cm³/mol. The Bertz CT molecular complexity index is 720. The van der Waals surface area contributed by atoms with E-state index >= 15 is 0 Å². The van der Waals surface area contributed by atoms with Gasteiger partial charge in [-0.3, -0.25) is 0 Å². The topological polar surface area (TPSA) is 42.5 Å². The Kier molecular flexibility index (Phi) is 6.33. The van der Waals surface area contributed by atoms with Crippen LogP contribution >= 0.6 is 0 Å². The van der Waals surface area contributed by atoms with E-state index in [0.717, 1.165) is 11.5 Å². The molecule has 0 unspecified atom stereocenters. The molecule has 144 valence electrons. The molecule has 0 saturated heterocycles. The Morgan fingerprint density at radius 2 is 1.37 bits per heavy atom. The molecule has 1 aromatic carbocycles. The Morgan fingerprint density at radius 1 is 0.741 bits per heavy atom. The van der Waals surface area contributed by atoms with Crippen LogP contribution in [0.2, 0.25) is 0 Å². The van der Waals surface area contributed by atoms with Gasteiger partial charge in [-0.15, -0.1) is 10.2 Å². The molecular weight excluding hydrogens is 332 g/mol. The third-order valence-corrected chi connectivity index (χ3v) is 6.28. The monoisotopic (exact) mass is 364 g/mol. The minimum absolute atomic E-state index is 0.479. The number of aromatic nitrogens is 2. The maximum atomic E-state index is 4.86. The van der Waals surface area contributed by atoms with Gasteiger partial charge in [0.15, 0.2) is 5.82 Å². The van der Waals surface area contributed by atoms with Crippen molar-refractivity contribution in [2.45, 2.75) is 89.0 Å². The van der Waals surface area contributed by atoms with Gasteiger partial charge in [-0.05, 0) is 43.7 Å². The van der Waals surface area contributed by atoms with E-state index in [0.29, 0.717) is 12.0 Å². The first-order valence-corrected chi connectivity index (χ1v) is 11.0. The summed E-state index contributed by atoms with van der Waals surface area (Å²) in [6.45, 7) is 0. The molecule has 2 aromatic rings. The lowest BCUT2D eigenvalue weighted by Gasteiger charge is -2.23. The van der Waals surface area contributed by atoms with E-state index in [1.165, 1.54) is 82.6 Å². The number of benzene rings is 1. The number of hydrogen-bond acceptors (Lipinski definition) is 3. The van der Waals surface area contributed by atoms with Crippen molar-refractivity contribution in [3.63, 3.8) is 0 Å². The first-order chi connectivity index (χ1) is 13.4. The Labute approximate surface area is 163 Å². The molecule has 0 radical (unpaired) electrons. The second kappa shape index (κ2) is 9.29. The fourth-order valence-electron chi connectivity index (χ4n) is 4.72. The molecule has 0 aliphatic heterocycles. The summed E-state index contributed by atoms with van der Waals surface area (Å²) in [4.78, 5) is 0. The van der Waals surface area contributed by atoms with Gasteiger partial charge in [0.25, 0.3) is 0 Å². The van der Waals surface area contributed by atoms with Gasteiger partial charge in [-0.2, -0.15) is 5.10 Å². The molecular formula is C23H32N4. The van der Waals surface area contributed by atoms with E-state index in [9.17, 15) is 0 Å². The van der Waals surface area contributed by atoms with Crippen molar-refractivity contribution in [1.29, 1.82) is 0 Å². The van der Waals surface area contributed by atoms with Gasteiger partial charge in [0.1, 0.15) is 0 Å². The van der Waals surface area contributed by atoms with Gasteiger partial charge in [0.05, 0.1) is 17.9 Å². The quantitative estimate of drug-likeness (QED) is 0.514.